The molecule has 1 amide bonds. The van der Waals surface area contributed by atoms with Gasteiger partial charge in [0.15, 0.2) is 0 Å². The van der Waals surface area contributed by atoms with Crippen molar-refractivity contribution in [2.75, 3.05) is 18.9 Å². The number of anilines is 1. The molecule has 3 aromatic rings. The third kappa shape index (κ3) is 3.28. The molecule has 0 fully saturated rings. The van der Waals surface area contributed by atoms with E-state index in [-0.39, 0.29) is 17.6 Å². The number of nitrogens with one attached hydrogen (secondary N) is 3. The van der Waals surface area contributed by atoms with Crippen molar-refractivity contribution in [1.82, 2.24) is 14.9 Å². The standard InChI is InChI=1S/C20H22N4O2/c1-24(18-8-4-6-13-5-2-3-7-15(13)18)12-19(25)21-14-9-10-16-17(11-14)23-20(26)22-16/h2-3,5,7,9-11,18H,4,6,8,12H2,1H3,(H,21,25)(H2,22,23,26). The van der Waals surface area contributed by atoms with Gasteiger partial charge in [0, 0.05) is 11.7 Å². The molecule has 1 aliphatic rings. The second-order valence-corrected chi connectivity index (χ2v) is 6.91. The molecule has 1 heterocycles. The van der Waals surface area contributed by atoms with Crippen molar-refractivity contribution < 1.29 is 4.79 Å². The Kier molecular flexibility index (Phi) is 4.34. The quantitative estimate of drug-likeness (QED) is 0.677. The molecule has 1 atom stereocenters. The van der Waals surface area contributed by atoms with E-state index in [9.17, 15) is 9.59 Å². The van der Waals surface area contributed by atoms with Gasteiger partial charge in [-0.05, 0) is 55.6 Å². The number of rotatable bonds is 4. The Balaban J connectivity index is 1.45. The van der Waals surface area contributed by atoms with Gasteiger partial charge in [0.2, 0.25) is 5.91 Å². The highest BCUT2D eigenvalue weighted by Crippen LogP contribution is 2.33. The van der Waals surface area contributed by atoms with E-state index in [2.05, 4.69) is 44.5 Å². The van der Waals surface area contributed by atoms with Crippen molar-refractivity contribution in [2.24, 2.45) is 0 Å². The minimum absolute atomic E-state index is 0.0622. The highest BCUT2D eigenvalue weighted by molar-refractivity contribution is 5.94. The minimum Gasteiger partial charge on any atom is -0.325 e. The van der Waals surface area contributed by atoms with Crippen molar-refractivity contribution in [3.8, 4) is 0 Å². The number of aromatic amines is 2. The summed E-state index contributed by atoms with van der Waals surface area (Å²) in [6, 6.07) is 14.1. The van der Waals surface area contributed by atoms with Crippen LogP contribution in [0.1, 0.15) is 30.0 Å². The fourth-order valence-electron chi connectivity index (χ4n) is 3.83. The smallest absolute Gasteiger partial charge is 0.323 e. The molecular formula is C20H22N4O2. The number of benzene rings is 2. The summed E-state index contributed by atoms with van der Waals surface area (Å²) in [5.41, 5.74) is 4.55. The number of nitrogens with zero attached hydrogens (tertiary/aromatic N) is 1. The van der Waals surface area contributed by atoms with Gasteiger partial charge < -0.3 is 15.3 Å². The van der Waals surface area contributed by atoms with Crippen LogP contribution in [0.15, 0.2) is 47.3 Å². The van der Waals surface area contributed by atoms with Crippen molar-refractivity contribution in [3.63, 3.8) is 0 Å². The Labute approximate surface area is 151 Å². The van der Waals surface area contributed by atoms with Crippen LogP contribution in [0.25, 0.3) is 11.0 Å². The molecule has 1 aromatic heterocycles. The summed E-state index contributed by atoms with van der Waals surface area (Å²) in [7, 11) is 2.00. The number of aromatic nitrogens is 2. The molecule has 6 heteroatoms. The van der Waals surface area contributed by atoms with Crippen LogP contribution in [0.4, 0.5) is 5.69 Å². The van der Waals surface area contributed by atoms with Gasteiger partial charge >= 0.3 is 5.69 Å². The van der Waals surface area contributed by atoms with Gasteiger partial charge in [0.25, 0.3) is 0 Å². The lowest BCUT2D eigenvalue weighted by molar-refractivity contribution is -0.117. The molecule has 2 aromatic carbocycles. The molecule has 0 saturated carbocycles. The lowest BCUT2D eigenvalue weighted by atomic mass is 9.87. The minimum atomic E-state index is -0.251. The first-order valence-corrected chi connectivity index (χ1v) is 8.90. The Bertz CT molecular complexity index is 1000. The van der Waals surface area contributed by atoms with Gasteiger partial charge in [0.1, 0.15) is 0 Å². The summed E-state index contributed by atoms with van der Waals surface area (Å²) in [6.45, 7) is 0.320. The van der Waals surface area contributed by atoms with E-state index >= 15 is 0 Å². The number of hydrogen-bond acceptors (Lipinski definition) is 3. The predicted octanol–water partition coefficient (Wildman–Crippen LogP) is 2.80. The highest BCUT2D eigenvalue weighted by Gasteiger charge is 2.24. The maximum Gasteiger partial charge on any atom is 0.323 e. The van der Waals surface area contributed by atoms with Crippen LogP contribution in [0.5, 0.6) is 0 Å². The zero-order valence-electron chi connectivity index (χ0n) is 14.7. The molecule has 26 heavy (non-hydrogen) atoms. The van der Waals surface area contributed by atoms with Crippen LogP contribution in [0.3, 0.4) is 0 Å². The van der Waals surface area contributed by atoms with Crippen molar-refractivity contribution in [3.05, 3.63) is 64.1 Å². The van der Waals surface area contributed by atoms with Gasteiger partial charge in [-0.3, -0.25) is 9.69 Å². The SMILES string of the molecule is CN(CC(=O)Nc1ccc2[nH]c(=O)[nH]c2c1)C1CCCc2ccccc21. The van der Waals surface area contributed by atoms with E-state index in [4.69, 9.17) is 0 Å². The maximum atomic E-state index is 12.5. The number of imidazole rings is 1. The Morgan fingerprint density at radius 2 is 2.00 bits per heavy atom. The third-order valence-electron chi connectivity index (χ3n) is 5.06. The van der Waals surface area contributed by atoms with Gasteiger partial charge in [-0.2, -0.15) is 0 Å². The predicted molar refractivity (Wildman–Crippen MR) is 102 cm³/mol. The van der Waals surface area contributed by atoms with Crippen LogP contribution in [-0.4, -0.2) is 34.4 Å². The number of carbonyl (C=O) groups excluding carboxylic acids is 1. The topological polar surface area (TPSA) is 81.0 Å². The zero-order chi connectivity index (χ0) is 18.1. The number of fused-ring (bicyclic) bond motifs is 2. The molecule has 6 nitrogen and oxygen atoms in total. The lowest BCUT2D eigenvalue weighted by Gasteiger charge is -2.32. The number of aryl methyl sites for hydroxylation is 1. The number of hydrogen-bond donors (Lipinski definition) is 3. The van der Waals surface area contributed by atoms with Crippen molar-refractivity contribution in [1.29, 1.82) is 0 Å². The Hall–Kier alpha value is -2.86. The Morgan fingerprint density at radius 3 is 2.88 bits per heavy atom. The van der Waals surface area contributed by atoms with Crippen LogP contribution in [0.2, 0.25) is 0 Å². The van der Waals surface area contributed by atoms with Crippen LogP contribution < -0.4 is 11.0 Å². The molecule has 134 valence electrons. The largest absolute Gasteiger partial charge is 0.325 e. The van der Waals surface area contributed by atoms with Crippen molar-refractivity contribution >= 4 is 22.6 Å². The molecular weight excluding hydrogens is 328 g/mol. The van der Waals surface area contributed by atoms with E-state index in [1.165, 1.54) is 11.1 Å². The van der Waals surface area contributed by atoms with Crippen LogP contribution in [-0.2, 0) is 11.2 Å². The molecule has 0 saturated heterocycles. The summed E-state index contributed by atoms with van der Waals surface area (Å²) in [5, 5.41) is 2.92. The Morgan fingerprint density at radius 1 is 1.19 bits per heavy atom. The summed E-state index contributed by atoms with van der Waals surface area (Å²) < 4.78 is 0. The summed E-state index contributed by atoms with van der Waals surface area (Å²) in [5.74, 6) is -0.0622. The molecule has 0 radical (unpaired) electrons. The average Bonchev–Trinajstić information content (AvgIpc) is 3.00. The maximum absolute atomic E-state index is 12.5. The van der Waals surface area contributed by atoms with Crippen LogP contribution >= 0.6 is 0 Å². The van der Waals surface area contributed by atoms with Crippen LogP contribution in [0, 0.1) is 0 Å². The van der Waals surface area contributed by atoms with Gasteiger partial charge in [-0.1, -0.05) is 24.3 Å². The first-order chi connectivity index (χ1) is 12.6. The van der Waals surface area contributed by atoms with E-state index in [0.717, 1.165) is 24.8 Å². The molecule has 1 aliphatic carbocycles. The molecule has 4 rings (SSSR count). The number of carbonyl (C=O) groups is 1. The first-order valence-electron chi connectivity index (χ1n) is 8.90. The van der Waals surface area contributed by atoms with Crippen molar-refractivity contribution in [2.45, 2.75) is 25.3 Å². The monoisotopic (exact) mass is 350 g/mol. The van der Waals surface area contributed by atoms with E-state index in [1.807, 2.05) is 7.05 Å². The average molecular weight is 350 g/mol. The number of amides is 1. The van der Waals surface area contributed by atoms with Gasteiger partial charge in [0.05, 0.1) is 17.6 Å². The normalized spacial score (nSPS) is 16.6. The molecule has 0 bridgehead atoms. The summed E-state index contributed by atoms with van der Waals surface area (Å²) >= 11 is 0. The molecule has 0 spiro atoms. The second-order valence-electron chi connectivity index (χ2n) is 6.91. The lowest BCUT2D eigenvalue weighted by Crippen LogP contribution is -2.34. The van der Waals surface area contributed by atoms with Gasteiger partial charge in [-0.15, -0.1) is 0 Å². The van der Waals surface area contributed by atoms with E-state index in [1.54, 1.807) is 18.2 Å². The molecule has 0 aliphatic heterocycles. The second kappa shape index (κ2) is 6.80. The summed E-state index contributed by atoms with van der Waals surface area (Å²) in [4.78, 5) is 31.3. The molecule has 1 unspecified atom stereocenters. The molecule has 3 N–H and O–H groups in total. The van der Waals surface area contributed by atoms with Gasteiger partial charge in [-0.25, -0.2) is 4.79 Å². The van der Waals surface area contributed by atoms with E-state index in [0.29, 0.717) is 17.7 Å². The first kappa shape index (κ1) is 16.6. The third-order valence-corrected chi connectivity index (χ3v) is 5.06. The fourth-order valence-corrected chi connectivity index (χ4v) is 3.83. The number of likely N-dealkylation sites (N-methyl/N-ethyl adjacent to an activating group) is 1. The van der Waals surface area contributed by atoms with E-state index < -0.39 is 0 Å². The number of H-pyrrole nitrogens is 2. The highest BCUT2D eigenvalue weighted by atomic mass is 16.2. The summed E-state index contributed by atoms with van der Waals surface area (Å²) in [6.07, 6.45) is 3.32. The fraction of sp³-hybridized carbons (Fsp3) is 0.300. The zero-order valence-corrected chi connectivity index (χ0v) is 14.7.